The molecular formula is C14H20N4O3. The van der Waals surface area contributed by atoms with Gasteiger partial charge in [-0.1, -0.05) is 0 Å². The number of nitrogens with zero attached hydrogens (tertiary/aromatic N) is 3. The van der Waals surface area contributed by atoms with E-state index in [2.05, 4.69) is 15.5 Å². The molecule has 1 fully saturated rings. The second-order valence-electron chi connectivity index (χ2n) is 4.81. The highest BCUT2D eigenvalue weighted by atomic mass is 16.5. The molecular weight excluding hydrogens is 272 g/mol. The molecule has 1 aromatic rings. The van der Waals surface area contributed by atoms with Crippen molar-refractivity contribution in [1.29, 1.82) is 0 Å². The molecule has 1 saturated heterocycles. The van der Waals surface area contributed by atoms with E-state index < -0.39 is 0 Å². The number of aromatic nitrogens is 2. The summed E-state index contributed by atoms with van der Waals surface area (Å²) in [6, 6.07) is 3.01. The normalized spacial score (nSPS) is 18.2. The highest BCUT2D eigenvalue weighted by Gasteiger charge is 2.31. The molecule has 1 N–H and O–H groups in total. The van der Waals surface area contributed by atoms with Crippen LogP contribution in [0.1, 0.15) is 36.7 Å². The van der Waals surface area contributed by atoms with Crippen LogP contribution >= 0.6 is 0 Å². The minimum Gasteiger partial charge on any atom is -0.464 e. The summed E-state index contributed by atoms with van der Waals surface area (Å²) in [5.74, 6) is 0.0874. The lowest BCUT2D eigenvalue weighted by molar-refractivity contribution is -0.145. The number of esters is 1. The van der Waals surface area contributed by atoms with Crippen molar-refractivity contribution >= 4 is 17.7 Å². The first kappa shape index (κ1) is 15.2. The summed E-state index contributed by atoms with van der Waals surface area (Å²) < 4.78 is 5.12. The SMILES string of the molecule is CCOC(=O)C1CCCCN1c1ccc(C(=O)NC)nn1. The van der Waals surface area contributed by atoms with Crippen LogP contribution in [0.3, 0.4) is 0 Å². The molecule has 1 amide bonds. The molecule has 7 heteroatoms. The van der Waals surface area contributed by atoms with Gasteiger partial charge in [-0.3, -0.25) is 4.79 Å². The largest absolute Gasteiger partial charge is 0.464 e. The third kappa shape index (κ3) is 3.48. The van der Waals surface area contributed by atoms with Crippen molar-refractivity contribution in [3.05, 3.63) is 17.8 Å². The fourth-order valence-corrected chi connectivity index (χ4v) is 2.42. The summed E-state index contributed by atoms with van der Waals surface area (Å²) in [6.45, 7) is 2.89. The number of nitrogens with one attached hydrogen (secondary N) is 1. The Hall–Kier alpha value is -2.18. The first-order valence-electron chi connectivity index (χ1n) is 7.16. The average molecular weight is 292 g/mol. The Kier molecular flexibility index (Phi) is 5.08. The van der Waals surface area contributed by atoms with Crippen molar-refractivity contribution in [2.24, 2.45) is 0 Å². The van der Waals surface area contributed by atoms with Gasteiger partial charge in [0.05, 0.1) is 6.61 Å². The maximum atomic E-state index is 12.0. The first-order valence-corrected chi connectivity index (χ1v) is 7.16. The molecule has 0 saturated carbocycles. The fourth-order valence-electron chi connectivity index (χ4n) is 2.42. The smallest absolute Gasteiger partial charge is 0.328 e. The first-order chi connectivity index (χ1) is 10.2. The van der Waals surface area contributed by atoms with Crippen LogP contribution in [0.25, 0.3) is 0 Å². The van der Waals surface area contributed by atoms with Crippen LogP contribution in [0.2, 0.25) is 0 Å². The lowest BCUT2D eigenvalue weighted by Crippen LogP contribution is -2.46. The molecule has 2 rings (SSSR count). The number of carbonyl (C=O) groups excluding carboxylic acids is 2. The van der Waals surface area contributed by atoms with E-state index in [1.54, 1.807) is 26.1 Å². The van der Waals surface area contributed by atoms with Crippen molar-refractivity contribution in [2.75, 3.05) is 25.1 Å². The molecule has 1 atom stereocenters. The number of ether oxygens (including phenoxy) is 1. The van der Waals surface area contributed by atoms with E-state index in [9.17, 15) is 9.59 Å². The number of hydrogen-bond acceptors (Lipinski definition) is 6. The lowest BCUT2D eigenvalue weighted by atomic mass is 10.0. The summed E-state index contributed by atoms with van der Waals surface area (Å²) in [7, 11) is 1.54. The van der Waals surface area contributed by atoms with E-state index in [0.717, 1.165) is 25.8 Å². The Labute approximate surface area is 123 Å². The van der Waals surface area contributed by atoms with E-state index in [4.69, 9.17) is 4.74 Å². The summed E-state index contributed by atoms with van der Waals surface area (Å²) in [6.07, 6.45) is 2.73. The summed E-state index contributed by atoms with van der Waals surface area (Å²) in [4.78, 5) is 25.4. The topological polar surface area (TPSA) is 84.4 Å². The van der Waals surface area contributed by atoms with Gasteiger partial charge in [0.15, 0.2) is 11.5 Å². The van der Waals surface area contributed by atoms with Gasteiger partial charge >= 0.3 is 5.97 Å². The molecule has 1 aliphatic heterocycles. The molecule has 21 heavy (non-hydrogen) atoms. The summed E-state index contributed by atoms with van der Waals surface area (Å²) >= 11 is 0. The fraction of sp³-hybridized carbons (Fsp3) is 0.571. The van der Waals surface area contributed by atoms with Gasteiger partial charge in [-0.25, -0.2) is 4.79 Å². The zero-order valence-corrected chi connectivity index (χ0v) is 12.3. The van der Waals surface area contributed by atoms with Crippen LogP contribution < -0.4 is 10.2 Å². The molecule has 0 bridgehead atoms. The standard InChI is InChI=1S/C14H20N4O3/c1-3-21-14(20)11-6-4-5-9-18(11)12-8-7-10(16-17-12)13(19)15-2/h7-8,11H,3-6,9H2,1-2H3,(H,15,19). The average Bonchev–Trinajstić information content (AvgIpc) is 2.54. The number of rotatable bonds is 4. The molecule has 0 aromatic carbocycles. The van der Waals surface area contributed by atoms with E-state index in [1.807, 2.05) is 4.90 Å². The van der Waals surface area contributed by atoms with Gasteiger partial charge in [-0.15, -0.1) is 10.2 Å². The molecule has 0 spiro atoms. The third-order valence-corrected chi connectivity index (χ3v) is 3.47. The maximum Gasteiger partial charge on any atom is 0.328 e. The zero-order valence-electron chi connectivity index (χ0n) is 12.3. The summed E-state index contributed by atoms with van der Waals surface area (Å²) in [5, 5.41) is 10.5. The molecule has 1 unspecified atom stereocenters. The van der Waals surface area contributed by atoms with Crippen molar-refractivity contribution in [3.63, 3.8) is 0 Å². The maximum absolute atomic E-state index is 12.0. The van der Waals surface area contributed by atoms with Crippen molar-refractivity contribution in [2.45, 2.75) is 32.2 Å². The molecule has 0 aliphatic carbocycles. The highest BCUT2D eigenvalue weighted by Crippen LogP contribution is 2.23. The Balaban J connectivity index is 2.17. The van der Waals surface area contributed by atoms with Gasteiger partial charge in [-0.05, 0) is 38.3 Å². The summed E-state index contributed by atoms with van der Waals surface area (Å²) in [5.41, 5.74) is 0.256. The number of amides is 1. The van der Waals surface area contributed by atoms with Gasteiger partial charge in [-0.2, -0.15) is 0 Å². The molecule has 1 aromatic heterocycles. The van der Waals surface area contributed by atoms with Crippen LogP contribution in [0.4, 0.5) is 5.82 Å². The van der Waals surface area contributed by atoms with Crippen LogP contribution in [-0.4, -0.2) is 48.3 Å². The Morgan fingerprint density at radius 1 is 1.38 bits per heavy atom. The molecule has 1 aliphatic rings. The van der Waals surface area contributed by atoms with Crippen LogP contribution in [0.5, 0.6) is 0 Å². The second-order valence-corrected chi connectivity index (χ2v) is 4.81. The predicted octanol–water partition coefficient (Wildman–Crippen LogP) is 0.758. The van der Waals surface area contributed by atoms with E-state index in [1.165, 1.54) is 0 Å². The predicted molar refractivity (Wildman–Crippen MR) is 77.0 cm³/mol. The Morgan fingerprint density at radius 3 is 2.81 bits per heavy atom. The zero-order chi connectivity index (χ0) is 15.2. The molecule has 114 valence electrons. The number of hydrogen-bond donors (Lipinski definition) is 1. The van der Waals surface area contributed by atoms with E-state index in [0.29, 0.717) is 12.4 Å². The Bertz CT molecular complexity index is 503. The molecule has 2 heterocycles. The van der Waals surface area contributed by atoms with Crippen molar-refractivity contribution in [1.82, 2.24) is 15.5 Å². The van der Waals surface area contributed by atoms with Gasteiger partial charge in [0, 0.05) is 13.6 Å². The van der Waals surface area contributed by atoms with Crippen molar-refractivity contribution in [3.8, 4) is 0 Å². The number of anilines is 1. The van der Waals surface area contributed by atoms with E-state index >= 15 is 0 Å². The monoisotopic (exact) mass is 292 g/mol. The van der Waals surface area contributed by atoms with Gasteiger partial charge in [0.25, 0.3) is 5.91 Å². The number of carbonyl (C=O) groups is 2. The molecule has 0 radical (unpaired) electrons. The number of piperidine rings is 1. The van der Waals surface area contributed by atoms with Crippen molar-refractivity contribution < 1.29 is 14.3 Å². The van der Waals surface area contributed by atoms with Crippen LogP contribution in [0.15, 0.2) is 12.1 Å². The lowest BCUT2D eigenvalue weighted by Gasteiger charge is -2.34. The van der Waals surface area contributed by atoms with Crippen LogP contribution in [-0.2, 0) is 9.53 Å². The highest BCUT2D eigenvalue weighted by molar-refractivity contribution is 5.92. The Morgan fingerprint density at radius 2 is 2.19 bits per heavy atom. The van der Waals surface area contributed by atoms with Gasteiger partial charge in [0.2, 0.25) is 0 Å². The minimum atomic E-state index is -0.321. The third-order valence-electron chi connectivity index (χ3n) is 3.47. The van der Waals surface area contributed by atoms with Gasteiger partial charge < -0.3 is 15.0 Å². The molecule has 7 nitrogen and oxygen atoms in total. The van der Waals surface area contributed by atoms with Crippen LogP contribution in [0, 0.1) is 0 Å². The quantitative estimate of drug-likeness (QED) is 0.825. The second kappa shape index (κ2) is 7.01. The van der Waals surface area contributed by atoms with E-state index in [-0.39, 0.29) is 23.6 Å². The minimum absolute atomic E-state index is 0.227. The van der Waals surface area contributed by atoms with Gasteiger partial charge in [0.1, 0.15) is 6.04 Å².